The van der Waals surface area contributed by atoms with Gasteiger partial charge in [-0.25, -0.2) is 0 Å². The van der Waals surface area contributed by atoms with Gasteiger partial charge in [-0.15, -0.1) is 0 Å². The van der Waals surface area contributed by atoms with Gasteiger partial charge in [0.15, 0.2) is 6.19 Å². The number of halogens is 1. The second-order valence-electron chi connectivity index (χ2n) is 2.42. The topological polar surface area (TPSA) is 35.8 Å². The Morgan fingerprint density at radius 2 is 2.00 bits per heavy atom. The molecule has 62 valence electrons. The van der Waals surface area contributed by atoms with Crippen LogP contribution in [0.4, 0.5) is 0 Å². The third-order valence-electron chi connectivity index (χ3n) is 1.53. The zero-order valence-electron chi connectivity index (χ0n) is 6.55. The molecule has 3 heteroatoms. The number of benzene rings is 1. The molecule has 0 atom stereocenters. The third-order valence-corrected chi connectivity index (χ3v) is 2.25. The van der Waals surface area contributed by atoms with E-state index in [1.807, 2.05) is 6.19 Å². The highest BCUT2D eigenvalue weighted by atomic mass is 127. The lowest BCUT2D eigenvalue weighted by molar-refractivity contribution is 0.843. The van der Waals surface area contributed by atoms with E-state index in [4.69, 9.17) is 5.26 Å². The van der Waals surface area contributed by atoms with E-state index in [2.05, 4.69) is 52.2 Å². The van der Waals surface area contributed by atoms with Gasteiger partial charge in [0.25, 0.3) is 0 Å². The van der Waals surface area contributed by atoms with E-state index in [9.17, 15) is 0 Å². The molecular weight excluding hydrogens is 262 g/mol. The zero-order valence-corrected chi connectivity index (χ0v) is 8.71. The van der Waals surface area contributed by atoms with E-state index in [-0.39, 0.29) is 0 Å². The molecule has 0 amide bonds. The van der Waals surface area contributed by atoms with Crippen molar-refractivity contribution in [2.45, 2.75) is 6.42 Å². The molecule has 1 aromatic rings. The third kappa shape index (κ3) is 3.09. The fourth-order valence-corrected chi connectivity index (χ4v) is 1.27. The van der Waals surface area contributed by atoms with Crippen molar-refractivity contribution >= 4 is 22.6 Å². The number of nitrogens with zero attached hydrogens (tertiary/aromatic N) is 1. The molecule has 0 radical (unpaired) electrons. The predicted octanol–water partition coefficient (Wildman–Crippen LogP) is 1.90. The molecule has 1 aromatic carbocycles. The maximum absolute atomic E-state index is 8.23. The molecule has 0 fully saturated rings. The van der Waals surface area contributed by atoms with Crippen molar-refractivity contribution in [1.82, 2.24) is 5.32 Å². The summed E-state index contributed by atoms with van der Waals surface area (Å²) in [6.45, 7) is 0.719. The van der Waals surface area contributed by atoms with Crippen LogP contribution in [0.15, 0.2) is 24.3 Å². The molecular formula is C9H9IN2. The first kappa shape index (κ1) is 9.33. The Balaban J connectivity index is 2.43. The lowest BCUT2D eigenvalue weighted by Gasteiger charge is -1.98. The highest BCUT2D eigenvalue weighted by Crippen LogP contribution is 2.06. The number of rotatable bonds is 3. The summed E-state index contributed by atoms with van der Waals surface area (Å²) in [7, 11) is 0. The molecule has 0 spiro atoms. The fourth-order valence-electron chi connectivity index (χ4n) is 0.914. The monoisotopic (exact) mass is 271 g/mol. The van der Waals surface area contributed by atoms with Crippen LogP contribution in [0.25, 0.3) is 0 Å². The minimum absolute atomic E-state index is 0.719. The molecule has 0 aliphatic carbocycles. The fraction of sp³-hybridized carbons (Fsp3) is 0.222. The van der Waals surface area contributed by atoms with Gasteiger partial charge in [0.05, 0.1) is 0 Å². The summed E-state index contributed by atoms with van der Waals surface area (Å²) in [5, 5.41) is 10.8. The van der Waals surface area contributed by atoms with Crippen LogP contribution in [0.2, 0.25) is 0 Å². The van der Waals surface area contributed by atoms with Gasteiger partial charge in [-0.1, -0.05) is 12.1 Å². The summed E-state index contributed by atoms with van der Waals surface area (Å²) in [6, 6.07) is 8.31. The Labute approximate surface area is 85.7 Å². The highest BCUT2D eigenvalue weighted by Gasteiger charge is 1.91. The van der Waals surface area contributed by atoms with Crippen molar-refractivity contribution in [3.05, 3.63) is 33.4 Å². The first-order valence-electron chi connectivity index (χ1n) is 3.69. The van der Waals surface area contributed by atoms with Gasteiger partial charge in [-0.2, -0.15) is 5.26 Å². The molecule has 0 saturated carbocycles. The molecule has 0 aliphatic rings. The van der Waals surface area contributed by atoms with Gasteiger partial charge in [0.1, 0.15) is 0 Å². The van der Waals surface area contributed by atoms with Gasteiger partial charge in [-0.05, 0) is 46.7 Å². The van der Waals surface area contributed by atoms with Crippen LogP contribution in [0.1, 0.15) is 5.56 Å². The number of hydrogen-bond donors (Lipinski definition) is 1. The van der Waals surface area contributed by atoms with E-state index in [1.54, 1.807) is 0 Å². The lowest BCUT2D eigenvalue weighted by atomic mass is 10.1. The molecule has 12 heavy (non-hydrogen) atoms. The first-order valence-corrected chi connectivity index (χ1v) is 4.77. The maximum Gasteiger partial charge on any atom is 0.176 e. The Hall–Kier alpha value is -0.760. The van der Waals surface area contributed by atoms with Gasteiger partial charge in [0.2, 0.25) is 0 Å². The second kappa shape index (κ2) is 4.99. The zero-order chi connectivity index (χ0) is 8.81. The number of hydrogen-bond acceptors (Lipinski definition) is 2. The van der Waals surface area contributed by atoms with Crippen molar-refractivity contribution in [3.63, 3.8) is 0 Å². The van der Waals surface area contributed by atoms with Crippen molar-refractivity contribution in [2.24, 2.45) is 0 Å². The Morgan fingerprint density at radius 3 is 2.58 bits per heavy atom. The molecule has 0 aliphatic heterocycles. The normalized spacial score (nSPS) is 9.00. The van der Waals surface area contributed by atoms with Crippen LogP contribution in [-0.4, -0.2) is 6.54 Å². The van der Waals surface area contributed by atoms with E-state index < -0.39 is 0 Å². The van der Waals surface area contributed by atoms with Gasteiger partial charge >= 0.3 is 0 Å². The summed E-state index contributed by atoms with van der Waals surface area (Å²) in [5.41, 5.74) is 1.26. The summed E-state index contributed by atoms with van der Waals surface area (Å²) in [6.07, 6.45) is 2.81. The van der Waals surface area contributed by atoms with E-state index >= 15 is 0 Å². The average molecular weight is 271 g/mol. The molecule has 2 nitrogen and oxygen atoms in total. The lowest BCUT2D eigenvalue weighted by Crippen LogP contribution is -2.09. The Kier molecular flexibility index (Phi) is 3.88. The van der Waals surface area contributed by atoms with E-state index in [1.165, 1.54) is 9.13 Å². The summed E-state index contributed by atoms with van der Waals surface area (Å²) in [5.74, 6) is 0. The maximum atomic E-state index is 8.23. The van der Waals surface area contributed by atoms with Crippen LogP contribution in [0.3, 0.4) is 0 Å². The summed E-state index contributed by atoms with van der Waals surface area (Å²) in [4.78, 5) is 0. The Morgan fingerprint density at radius 1 is 1.33 bits per heavy atom. The standard InChI is InChI=1S/C9H9IN2/c10-9-3-1-8(2-4-9)5-6-12-7-11/h1-4,12H,5-6H2/i7-1. The van der Waals surface area contributed by atoms with Crippen molar-refractivity contribution in [1.29, 1.82) is 5.26 Å². The SMILES string of the molecule is N#[11C]NCCc1ccc(I)cc1. The number of nitrogens with one attached hydrogen (secondary N) is 1. The molecule has 0 heterocycles. The smallest absolute Gasteiger partial charge is 0.176 e. The molecule has 0 unspecified atom stereocenters. The minimum Gasteiger partial charge on any atom is -0.324 e. The van der Waals surface area contributed by atoms with Crippen LogP contribution in [-0.2, 0) is 6.42 Å². The van der Waals surface area contributed by atoms with Crippen molar-refractivity contribution in [2.75, 3.05) is 6.54 Å². The van der Waals surface area contributed by atoms with Crippen molar-refractivity contribution < 1.29 is 0 Å². The van der Waals surface area contributed by atoms with E-state index in [0.29, 0.717) is 0 Å². The molecule has 1 N–H and O–H groups in total. The van der Waals surface area contributed by atoms with Gasteiger partial charge in [-0.3, -0.25) is 0 Å². The van der Waals surface area contributed by atoms with Gasteiger partial charge < -0.3 is 5.32 Å². The molecule has 0 aromatic heterocycles. The number of nitriles is 1. The second-order valence-corrected chi connectivity index (χ2v) is 3.66. The largest absolute Gasteiger partial charge is 0.324 e. The van der Waals surface area contributed by atoms with Crippen LogP contribution in [0, 0.1) is 15.0 Å². The van der Waals surface area contributed by atoms with E-state index in [0.717, 1.165) is 13.0 Å². The minimum atomic E-state index is 0.719. The highest BCUT2D eigenvalue weighted by molar-refractivity contribution is 14.1. The first-order chi connectivity index (χ1) is 5.83. The molecule has 0 saturated heterocycles. The predicted molar refractivity (Wildman–Crippen MR) is 56.5 cm³/mol. The molecule has 0 bridgehead atoms. The molecule has 1 rings (SSSR count). The van der Waals surface area contributed by atoms with Crippen LogP contribution >= 0.6 is 22.6 Å². The quantitative estimate of drug-likeness (QED) is 0.394. The Bertz CT molecular complexity index is 274. The van der Waals surface area contributed by atoms with Crippen LogP contribution < -0.4 is 5.32 Å². The van der Waals surface area contributed by atoms with Crippen LogP contribution in [0.5, 0.6) is 0 Å². The average Bonchev–Trinajstić information content (AvgIpc) is 2.09. The van der Waals surface area contributed by atoms with Crippen molar-refractivity contribution in [3.8, 4) is 6.19 Å². The summed E-state index contributed by atoms with van der Waals surface area (Å²) >= 11 is 2.27. The summed E-state index contributed by atoms with van der Waals surface area (Å²) < 4.78 is 1.24. The van der Waals surface area contributed by atoms with Gasteiger partial charge in [0, 0.05) is 10.1 Å².